The van der Waals surface area contributed by atoms with E-state index in [9.17, 15) is 23.6 Å². The van der Waals surface area contributed by atoms with E-state index in [2.05, 4.69) is 5.32 Å². The van der Waals surface area contributed by atoms with E-state index in [0.717, 1.165) is 22.0 Å². The van der Waals surface area contributed by atoms with Gasteiger partial charge in [-0.15, -0.1) is 0 Å². The summed E-state index contributed by atoms with van der Waals surface area (Å²) in [5, 5.41) is 13.1. The Bertz CT molecular complexity index is 1990. The van der Waals surface area contributed by atoms with Crippen molar-refractivity contribution in [3.05, 3.63) is 124 Å². The Hall–Kier alpha value is -5.36. The molecule has 6 rings (SSSR count). The van der Waals surface area contributed by atoms with Crippen molar-refractivity contribution in [1.29, 1.82) is 5.26 Å². The second kappa shape index (κ2) is 11.4. The van der Waals surface area contributed by atoms with Gasteiger partial charge in [0.15, 0.2) is 0 Å². The maximum absolute atomic E-state index is 13.9. The topological polar surface area (TPSA) is 114 Å². The summed E-state index contributed by atoms with van der Waals surface area (Å²) in [6.07, 6.45) is 2.78. The molecule has 9 heteroatoms. The Morgan fingerprint density at radius 2 is 1.80 bits per heavy atom. The molecule has 2 amide bonds. The molecule has 5 aromatic rings. The lowest BCUT2D eigenvalue weighted by molar-refractivity contribution is 0.0956. The number of carbonyl (C=O) groups is 2. The van der Waals surface area contributed by atoms with Gasteiger partial charge in [-0.25, -0.2) is 8.78 Å². The average molecular weight is 590 g/mol. The lowest BCUT2D eigenvalue weighted by Gasteiger charge is -2.19. The molecule has 0 radical (unpaired) electrons. The number of nitrogens with two attached hydrogens (primary N) is 1. The molecular weight excluding hydrogens is 560 g/mol. The quantitative estimate of drug-likeness (QED) is 0.223. The highest BCUT2D eigenvalue weighted by molar-refractivity contribution is 6.12. The lowest BCUT2D eigenvalue weighted by atomic mass is 9.88. The zero-order valence-electron chi connectivity index (χ0n) is 24.2. The van der Waals surface area contributed by atoms with Gasteiger partial charge in [-0.1, -0.05) is 38.1 Å². The fourth-order valence-corrected chi connectivity index (χ4v) is 5.97. The molecule has 2 aromatic heterocycles. The standard InChI is InChI=1S/C35H29F2N5O2/c1-19(2)13-27-31(34(39)43)30(32-33(40-27)28(41-35(32)44)15-20-3-7-25(36)8-4-20)23-6-10-29-22(16-23)11-12-42(29)18-21-5-9-26(37)24(14-21)17-38/h3-12,14,16,19,28H,13,15,18H2,1-2H3,(H2,39,43)(H,41,44). The van der Waals surface area contributed by atoms with E-state index >= 15 is 0 Å². The van der Waals surface area contributed by atoms with Gasteiger partial charge in [0.05, 0.1) is 34.1 Å². The summed E-state index contributed by atoms with van der Waals surface area (Å²) >= 11 is 0. The van der Waals surface area contributed by atoms with Crippen LogP contribution >= 0.6 is 0 Å². The smallest absolute Gasteiger partial charge is 0.254 e. The molecule has 7 nitrogen and oxygen atoms in total. The van der Waals surface area contributed by atoms with Crippen LogP contribution in [0.25, 0.3) is 22.0 Å². The molecule has 1 atom stereocenters. The van der Waals surface area contributed by atoms with E-state index < -0.39 is 17.8 Å². The number of fused-ring (bicyclic) bond motifs is 2. The van der Waals surface area contributed by atoms with Gasteiger partial charge >= 0.3 is 0 Å². The molecule has 1 aliphatic heterocycles. The number of pyridine rings is 1. The Balaban J connectivity index is 1.47. The van der Waals surface area contributed by atoms with Crippen molar-refractivity contribution < 1.29 is 18.4 Å². The third kappa shape index (κ3) is 5.31. The maximum Gasteiger partial charge on any atom is 0.254 e. The van der Waals surface area contributed by atoms with E-state index in [0.29, 0.717) is 47.5 Å². The number of hydrogen-bond donors (Lipinski definition) is 2. The number of nitrogens with zero attached hydrogens (tertiary/aromatic N) is 3. The third-order valence-corrected chi connectivity index (χ3v) is 7.93. The fourth-order valence-electron chi connectivity index (χ4n) is 5.97. The molecular formula is C35H29F2N5O2. The molecule has 0 bridgehead atoms. The van der Waals surface area contributed by atoms with Crippen LogP contribution in [0.4, 0.5) is 8.78 Å². The Kier molecular flexibility index (Phi) is 7.43. The van der Waals surface area contributed by atoms with Crippen molar-refractivity contribution in [1.82, 2.24) is 14.9 Å². The number of benzene rings is 3. The first-order chi connectivity index (χ1) is 21.1. The second-order valence-electron chi connectivity index (χ2n) is 11.5. The number of rotatable bonds is 8. The highest BCUT2D eigenvalue weighted by Gasteiger charge is 2.37. The summed E-state index contributed by atoms with van der Waals surface area (Å²) in [5.74, 6) is -1.76. The van der Waals surface area contributed by atoms with Crippen LogP contribution in [-0.4, -0.2) is 21.4 Å². The highest BCUT2D eigenvalue weighted by Crippen LogP contribution is 2.39. The first kappa shape index (κ1) is 28.7. The lowest BCUT2D eigenvalue weighted by Crippen LogP contribution is -2.21. The molecule has 1 aliphatic rings. The van der Waals surface area contributed by atoms with Gasteiger partial charge in [0.1, 0.15) is 17.7 Å². The molecule has 0 aliphatic carbocycles. The average Bonchev–Trinajstić information content (AvgIpc) is 3.53. The number of carbonyl (C=O) groups excluding carboxylic acids is 2. The maximum atomic E-state index is 13.9. The Morgan fingerprint density at radius 3 is 2.50 bits per heavy atom. The minimum absolute atomic E-state index is 0.0139. The fraction of sp³-hybridized carbons (Fsp3) is 0.200. The van der Waals surface area contributed by atoms with Crippen LogP contribution in [-0.2, 0) is 19.4 Å². The number of halogens is 2. The van der Waals surface area contributed by atoms with E-state index in [4.69, 9.17) is 10.7 Å². The van der Waals surface area contributed by atoms with Crippen LogP contribution in [0.1, 0.15) is 68.7 Å². The summed E-state index contributed by atoms with van der Waals surface area (Å²) in [5.41, 5.74) is 11.2. The van der Waals surface area contributed by atoms with E-state index in [1.54, 1.807) is 18.2 Å². The van der Waals surface area contributed by atoms with Gasteiger partial charge < -0.3 is 15.6 Å². The molecule has 0 spiro atoms. The number of hydrogen-bond acceptors (Lipinski definition) is 4. The van der Waals surface area contributed by atoms with Crippen LogP contribution in [0.2, 0.25) is 0 Å². The third-order valence-electron chi connectivity index (χ3n) is 7.93. The summed E-state index contributed by atoms with van der Waals surface area (Å²) in [4.78, 5) is 31.4. The molecule has 3 aromatic carbocycles. The van der Waals surface area contributed by atoms with Gasteiger partial charge in [-0.2, -0.15) is 5.26 Å². The van der Waals surface area contributed by atoms with Crippen molar-refractivity contribution in [2.45, 2.75) is 39.3 Å². The van der Waals surface area contributed by atoms with Gasteiger partial charge in [-0.05, 0) is 77.9 Å². The molecule has 0 saturated heterocycles. The van der Waals surface area contributed by atoms with Crippen molar-refractivity contribution in [3.63, 3.8) is 0 Å². The number of primary amides is 1. The summed E-state index contributed by atoms with van der Waals surface area (Å²) < 4.78 is 29.4. The van der Waals surface area contributed by atoms with E-state index in [1.807, 2.05) is 54.9 Å². The summed E-state index contributed by atoms with van der Waals surface area (Å²) in [6.45, 7) is 4.46. The molecule has 44 heavy (non-hydrogen) atoms. The minimum Gasteiger partial charge on any atom is -0.366 e. The summed E-state index contributed by atoms with van der Waals surface area (Å²) in [7, 11) is 0. The van der Waals surface area contributed by atoms with Gasteiger partial charge in [0, 0.05) is 29.2 Å². The Labute approximate surface area is 253 Å². The Morgan fingerprint density at radius 1 is 1.05 bits per heavy atom. The van der Waals surface area contributed by atoms with Crippen LogP contribution in [0.3, 0.4) is 0 Å². The zero-order chi connectivity index (χ0) is 31.1. The monoisotopic (exact) mass is 589 g/mol. The van der Waals surface area contributed by atoms with Crippen molar-refractivity contribution in [3.8, 4) is 17.2 Å². The molecule has 0 fully saturated rings. The normalized spacial score (nSPS) is 14.1. The van der Waals surface area contributed by atoms with Gasteiger partial charge in [0.2, 0.25) is 0 Å². The van der Waals surface area contributed by atoms with Gasteiger partial charge in [0.25, 0.3) is 11.8 Å². The van der Waals surface area contributed by atoms with Gasteiger partial charge in [-0.3, -0.25) is 14.6 Å². The number of nitrogens with one attached hydrogen (secondary N) is 1. The summed E-state index contributed by atoms with van der Waals surface area (Å²) in [6, 6.07) is 19.6. The predicted octanol–water partition coefficient (Wildman–Crippen LogP) is 6.23. The number of aromatic nitrogens is 2. The van der Waals surface area contributed by atoms with Crippen molar-refractivity contribution in [2.24, 2.45) is 11.7 Å². The first-order valence-corrected chi connectivity index (χ1v) is 14.3. The van der Waals surface area contributed by atoms with Crippen LogP contribution in [0.15, 0.2) is 72.9 Å². The predicted molar refractivity (Wildman–Crippen MR) is 163 cm³/mol. The molecule has 220 valence electrons. The first-order valence-electron chi connectivity index (χ1n) is 14.3. The van der Waals surface area contributed by atoms with Crippen molar-refractivity contribution in [2.75, 3.05) is 0 Å². The minimum atomic E-state index is -0.664. The largest absolute Gasteiger partial charge is 0.366 e. The highest BCUT2D eigenvalue weighted by atomic mass is 19.1. The molecule has 1 unspecified atom stereocenters. The van der Waals surface area contributed by atoms with Crippen molar-refractivity contribution >= 4 is 22.7 Å². The molecule has 3 N–H and O–H groups in total. The number of amides is 2. The van der Waals surface area contributed by atoms with E-state index in [1.165, 1.54) is 24.3 Å². The zero-order valence-corrected chi connectivity index (χ0v) is 24.2. The van der Waals surface area contributed by atoms with Crippen LogP contribution in [0, 0.1) is 28.9 Å². The van der Waals surface area contributed by atoms with Crippen LogP contribution < -0.4 is 11.1 Å². The molecule has 3 heterocycles. The SMILES string of the molecule is CC(C)Cc1nc2c(c(-c3ccc4c(ccn4Cc4ccc(F)c(C#N)c4)c3)c1C(N)=O)C(=O)NC2Cc1ccc(F)cc1. The van der Waals surface area contributed by atoms with Crippen LogP contribution in [0.5, 0.6) is 0 Å². The molecule has 0 saturated carbocycles. The number of nitriles is 1. The van der Waals surface area contributed by atoms with E-state index in [-0.39, 0.29) is 28.8 Å². The second-order valence-corrected chi connectivity index (χ2v) is 11.5.